The van der Waals surface area contributed by atoms with Gasteiger partial charge in [0.05, 0.1) is 12.6 Å². The number of methoxy groups -OCH3 is 1. The highest BCUT2D eigenvalue weighted by atomic mass is 16.5. The Morgan fingerprint density at radius 2 is 1.65 bits per heavy atom. The van der Waals surface area contributed by atoms with Gasteiger partial charge in [0.1, 0.15) is 11.5 Å². The predicted octanol–water partition coefficient (Wildman–Crippen LogP) is 4.81. The molecule has 0 aliphatic heterocycles. The highest BCUT2D eigenvalue weighted by molar-refractivity contribution is 5.83. The third kappa shape index (κ3) is 3.45. The average Bonchev–Trinajstić information content (AvgIpc) is 2.53. The Bertz CT molecular complexity index is 884. The molecule has 3 heteroatoms. The Morgan fingerprint density at radius 1 is 0.957 bits per heavy atom. The topological polar surface area (TPSA) is 34.7 Å². The van der Waals surface area contributed by atoms with E-state index < -0.39 is 0 Å². The van der Waals surface area contributed by atoms with Crippen LogP contribution in [0.4, 0.5) is 0 Å². The molecule has 1 heterocycles. The summed E-state index contributed by atoms with van der Waals surface area (Å²) >= 11 is 0. The zero-order chi connectivity index (χ0) is 16.4. The molecular formula is C20H21NO2. The predicted molar refractivity (Wildman–Crippen MR) is 93.5 cm³/mol. The van der Waals surface area contributed by atoms with Crippen molar-refractivity contribution in [2.45, 2.75) is 26.3 Å². The highest BCUT2D eigenvalue weighted by Gasteiger charge is 2.10. The molecule has 0 saturated carbocycles. The van der Waals surface area contributed by atoms with Crippen molar-refractivity contribution >= 4 is 10.8 Å². The van der Waals surface area contributed by atoms with Crippen LogP contribution in [0.15, 0.2) is 64.0 Å². The SMILES string of the molecule is COc1ccc(-c2cc3ccccc3c(=NC(C)(C)C)o2)cc1. The Morgan fingerprint density at radius 3 is 2.30 bits per heavy atom. The fourth-order valence-electron chi connectivity index (χ4n) is 2.43. The molecule has 0 spiro atoms. The van der Waals surface area contributed by atoms with Gasteiger partial charge in [0.25, 0.3) is 0 Å². The molecule has 3 aromatic rings. The Kier molecular flexibility index (Phi) is 3.95. The number of benzene rings is 2. The molecule has 0 N–H and O–H groups in total. The van der Waals surface area contributed by atoms with Gasteiger partial charge in [0, 0.05) is 10.9 Å². The number of rotatable bonds is 2. The largest absolute Gasteiger partial charge is 0.497 e. The summed E-state index contributed by atoms with van der Waals surface area (Å²) in [6, 6.07) is 18.1. The number of hydrogen-bond donors (Lipinski definition) is 0. The van der Waals surface area contributed by atoms with E-state index in [2.05, 4.69) is 32.9 Å². The molecule has 0 fully saturated rings. The van der Waals surface area contributed by atoms with Crippen LogP contribution in [0.5, 0.6) is 5.75 Å². The molecule has 1 aromatic heterocycles. The van der Waals surface area contributed by atoms with Crippen molar-refractivity contribution in [3.05, 3.63) is 60.2 Å². The maximum atomic E-state index is 6.12. The Balaban J connectivity index is 2.24. The molecule has 0 aliphatic carbocycles. The van der Waals surface area contributed by atoms with Crippen LogP contribution in [0.3, 0.4) is 0 Å². The highest BCUT2D eigenvalue weighted by Crippen LogP contribution is 2.24. The number of nitrogens with zero attached hydrogens (tertiary/aromatic N) is 1. The smallest absolute Gasteiger partial charge is 0.223 e. The number of hydrogen-bond acceptors (Lipinski definition) is 3. The number of ether oxygens (including phenoxy) is 1. The van der Waals surface area contributed by atoms with Crippen molar-refractivity contribution in [2.75, 3.05) is 7.11 Å². The van der Waals surface area contributed by atoms with E-state index in [0.717, 1.165) is 27.8 Å². The monoisotopic (exact) mass is 307 g/mol. The first-order valence-corrected chi connectivity index (χ1v) is 7.69. The van der Waals surface area contributed by atoms with Gasteiger partial charge in [-0.3, -0.25) is 0 Å². The molecule has 0 aliphatic rings. The average molecular weight is 307 g/mol. The maximum absolute atomic E-state index is 6.12. The lowest BCUT2D eigenvalue weighted by atomic mass is 10.1. The quantitative estimate of drug-likeness (QED) is 0.681. The molecule has 23 heavy (non-hydrogen) atoms. The third-order valence-corrected chi connectivity index (χ3v) is 3.50. The molecule has 3 nitrogen and oxygen atoms in total. The standard InChI is InChI=1S/C20H21NO2/c1-20(2,3)21-19-17-8-6-5-7-15(17)13-18(23-19)14-9-11-16(22-4)12-10-14/h5-13H,1-4H3. The van der Waals surface area contributed by atoms with Crippen molar-refractivity contribution in [2.24, 2.45) is 4.99 Å². The molecule has 0 saturated heterocycles. The van der Waals surface area contributed by atoms with Gasteiger partial charge in [-0.05, 0) is 62.6 Å². The summed E-state index contributed by atoms with van der Waals surface area (Å²) < 4.78 is 11.3. The maximum Gasteiger partial charge on any atom is 0.223 e. The van der Waals surface area contributed by atoms with Crippen LogP contribution < -0.4 is 10.3 Å². The van der Waals surface area contributed by atoms with Gasteiger partial charge in [0.15, 0.2) is 0 Å². The molecule has 3 rings (SSSR count). The van der Waals surface area contributed by atoms with Gasteiger partial charge in [-0.2, -0.15) is 0 Å². The summed E-state index contributed by atoms with van der Waals surface area (Å²) in [5.41, 5.74) is 1.47. The summed E-state index contributed by atoms with van der Waals surface area (Å²) in [5.74, 6) is 1.63. The molecule has 118 valence electrons. The summed E-state index contributed by atoms with van der Waals surface area (Å²) in [5, 5.41) is 2.15. The zero-order valence-electron chi connectivity index (χ0n) is 14.0. The van der Waals surface area contributed by atoms with E-state index >= 15 is 0 Å². The van der Waals surface area contributed by atoms with E-state index in [4.69, 9.17) is 14.1 Å². The van der Waals surface area contributed by atoms with Crippen LogP contribution in [-0.4, -0.2) is 12.6 Å². The van der Waals surface area contributed by atoms with Gasteiger partial charge in [-0.1, -0.05) is 18.2 Å². The molecule has 0 radical (unpaired) electrons. The summed E-state index contributed by atoms with van der Waals surface area (Å²) in [6.45, 7) is 6.20. The minimum atomic E-state index is -0.204. The van der Waals surface area contributed by atoms with Crippen molar-refractivity contribution in [3.8, 4) is 17.1 Å². The molecule has 2 aromatic carbocycles. The van der Waals surface area contributed by atoms with Crippen LogP contribution in [0, 0.1) is 0 Å². The van der Waals surface area contributed by atoms with Gasteiger partial charge in [0.2, 0.25) is 5.55 Å². The summed E-state index contributed by atoms with van der Waals surface area (Å²) in [7, 11) is 1.66. The first-order chi connectivity index (χ1) is 11.0. The van der Waals surface area contributed by atoms with E-state index in [-0.39, 0.29) is 5.54 Å². The molecule has 0 unspecified atom stereocenters. The van der Waals surface area contributed by atoms with E-state index in [9.17, 15) is 0 Å². The molecular weight excluding hydrogens is 286 g/mol. The van der Waals surface area contributed by atoms with Crippen molar-refractivity contribution in [1.29, 1.82) is 0 Å². The van der Waals surface area contributed by atoms with E-state index in [0.29, 0.717) is 5.55 Å². The van der Waals surface area contributed by atoms with E-state index in [1.807, 2.05) is 42.5 Å². The van der Waals surface area contributed by atoms with Crippen LogP contribution in [0.1, 0.15) is 20.8 Å². The minimum Gasteiger partial charge on any atom is -0.497 e. The first-order valence-electron chi connectivity index (χ1n) is 7.69. The second-order valence-corrected chi connectivity index (χ2v) is 6.51. The third-order valence-electron chi connectivity index (χ3n) is 3.50. The van der Waals surface area contributed by atoms with E-state index in [1.54, 1.807) is 7.11 Å². The second-order valence-electron chi connectivity index (χ2n) is 6.51. The molecule has 0 bridgehead atoms. The lowest BCUT2D eigenvalue weighted by Crippen LogP contribution is -2.17. The summed E-state index contributed by atoms with van der Waals surface area (Å²) in [4.78, 5) is 4.75. The Hall–Kier alpha value is -2.55. The second kappa shape index (κ2) is 5.92. The number of fused-ring (bicyclic) bond motifs is 1. The van der Waals surface area contributed by atoms with E-state index in [1.165, 1.54) is 0 Å². The van der Waals surface area contributed by atoms with Gasteiger partial charge in [-0.15, -0.1) is 0 Å². The minimum absolute atomic E-state index is 0.204. The van der Waals surface area contributed by atoms with Crippen LogP contribution in [0.2, 0.25) is 0 Å². The van der Waals surface area contributed by atoms with Crippen LogP contribution >= 0.6 is 0 Å². The van der Waals surface area contributed by atoms with Gasteiger partial charge in [-0.25, -0.2) is 4.99 Å². The van der Waals surface area contributed by atoms with Crippen molar-refractivity contribution < 1.29 is 9.15 Å². The normalized spacial score (nSPS) is 12.6. The van der Waals surface area contributed by atoms with Crippen molar-refractivity contribution in [1.82, 2.24) is 0 Å². The summed E-state index contributed by atoms with van der Waals surface area (Å²) in [6.07, 6.45) is 0. The fourth-order valence-corrected chi connectivity index (χ4v) is 2.43. The van der Waals surface area contributed by atoms with Crippen LogP contribution in [-0.2, 0) is 0 Å². The fraction of sp³-hybridized carbons (Fsp3) is 0.250. The molecule has 0 amide bonds. The zero-order valence-corrected chi connectivity index (χ0v) is 14.0. The molecule has 0 atom stereocenters. The lowest BCUT2D eigenvalue weighted by molar-refractivity contribution is 0.415. The van der Waals surface area contributed by atoms with Crippen molar-refractivity contribution in [3.63, 3.8) is 0 Å². The van der Waals surface area contributed by atoms with Crippen LogP contribution in [0.25, 0.3) is 22.1 Å². The lowest BCUT2D eigenvalue weighted by Gasteiger charge is -2.12. The first kappa shape index (κ1) is 15.3. The van der Waals surface area contributed by atoms with Gasteiger partial charge >= 0.3 is 0 Å². The van der Waals surface area contributed by atoms with Gasteiger partial charge < -0.3 is 9.15 Å². The Labute approximate surface area is 136 Å².